The van der Waals surface area contributed by atoms with Gasteiger partial charge in [0.1, 0.15) is 0 Å². The lowest BCUT2D eigenvalue weighted by Gasteiger charge is -2.26. The molecule has 5 heteroatoms. The molecule has 0 saturated carbocycles. The van der Waals surface area contributed by atoms with Crippen molar-refractivity contribution in [1.82, 2.24) is 9.88 Å². The first-order valence-corrected chi connectivity index (χ1v) is 7.33. The van der Waals surface area contributed by atoms with Gasteiger partial charge < -0.3 is 4.90 Å². The lowest BCUT2D eigenvalue weighted by molar-refractivity contribution is 0.273. The highest BCUT2D eigenvalue weighted by Gasteiger charge is 2.29. The fourth-order valence-corrected chi connectivity index (χ4v) is 3.34. The summed E-state index contributed by atoms with van der Waals surface area (Å²) in [7, 11) is 0. The van der Waals surface area contributed by atoms with Crippen LogP contribution in [0.2, 0.25) is 0 Å². The number of anilines is 1. The van der Waals surface area contributed by atoms with E-state index in [0.717, 1.165) is 26.1 Å². The third-order valence-corrected chi connectivity index (χ3v) is 4.33. The van der Waals surface area contributed by atoms with Gasteiger partial charge in [0.15, 0.2) is 11.6 Å². The highest BCUT2D eigenvalue weighted by molar-refractivity contribution is 9.10. The van der Waals surface area contributed by atoms with Gasteiger partial charge >= 0.3 is 0 Å². The Balaban J connectivity index is 1.82. The number of aromatic nitrogens is 1. The molecule has 3 rings (SSSR count). The summed E-state index contributed by atoms with van der Waals surface area (Å²) in [6.45, 7) is 4.15. The lowest BCUT2D eigenvalue weighted by Crippen LogP contribution is -2.37. The summed E-state index contributed by atoms with van der Waals surface area (Å²) in [5.41, 5.74) is 0. The van der Waals surface area contributed by atoms with E-state index in [1.807, 2.05) is 0 Å². The standard InChI is InChI=1S/C13H17BrFN3/c14-10-7-12(15)13(16-8-10)18-6-2-5-17-4-1-3-11(17)9-18/h7-8,11H,1-6,9H2. The van der Waals surface area contributed by atoms with Crippen molar-refractivity contribution in [2.24, 2.45) is 0 Å². The van der Waals surface area contributed by atoms with Crippen molar-refractivity contribution in [1.29, 1.82) is 0 Å². The molecule has 0 radical (unpaired) electrons. The van der Waals surface area contributed by atoms with Crippen LogP contribution in [0.15, 0.2) is 16.7 Å². The first-order valence-electron chi connectivity index (χ1n) is 6.54. The zero-order valence-corrected chi connectivity index (χ0v) is 11.9. The number of pyridine rings is 1. The average molecular weight is 314 g/mol. The molecule has 0 bridgehead atoms. The third kappa shape index (κ3) is 2.38. The molecule has 98 valence electrons. The van der Waals surface area contributed by atoms with Gasteiger partial charge in [0.25, 0.3) is 0 Å². The lowest BCUT2D eigenvalue weighted by atomic mass is 10.2. The maximum Gasteiger partial charge on any atom is 0.166 e. The van der Waals surface area contributed by atoms with Gasteiger partial charge in [0, 0.05) is 36.3 Å². The van der Waals surface area contributed by atoms with E-state index in [1.165, 1.54) is 25.5 Å². The molecular weight excluding hydrogens is 297 g/mol. The van der Waals surface area contributed by atoms with E-state index in [2.05, 4.69) is 30.7 Å². The van der Waals surface area contributed by atoms with E-state index in [4.69, 9.17) is 0 Å². The molecule has 0 aliphatic carbocycles. The van der Waals surface area contributed by atoms with Crippen LogP contribution in [0.5, 0.6) is 0 Å². The third-order valence-electron chi connectivity index (χ3n) is 3.89. The van der Waals surface area contributed by atoms with Crippen LogP contribution in [0.25, 0.3) is 0 Å². The van der Waals surface area contributed by atoms with Crippen molar-refractivity contribution < 1.29 is 4.39 Å². The Bertz CT molecular complexity index is 440. The van der Waals surface area contributed by atoms with Crippen LogP contribution in [-0.4, -0.2) is 42.1 Å². The van der Waals surface area contributed by atoms with Crippen LogP contribution in [0.3, 0.4) is 0 Å². The van der Waals surface area contributed by atoms with Gasteiger partial charge in [-0.05, 0) is 47.8 Å². The molecule has 2 saturated heterocycles. The fraction of sp³-hybridized carbons (Fsp3) is 0.615. The number of rotatable bonds is 1. The summed E-state index contributed by atoms with van der Waals surface area (Å²) >= 11 is 3.25. The van der Waals surface area contributed by atoms with Crippen molar-refractivity contribution in [3.63, 3.8) is 0 Å². The molecule has 0 N–H and O–H groups in total. The number of nitrogens with zero attached hydrogens (tertiary/aromatic N) is 3. The molecule has 0 spiro atoms. The first-order chi connectivity index (χ1) is 8.74. The Morgan fingerprint density at radius 3 is 2.94 bits per heavy atom. The largest absolute Gasteiger partial charge is 0.353 e. The fourth-order valence-electron chi connectivity index (χ4n) is 3.04. The summed E-state index contributed by atoms with van der Waals surface area (Å²) in [4.78, 5) is 8.89. The van der Waals surface area contributed by atoms with Crippen molar-refractivity contribution in [3.05, 3.63) is 22.6 Å². The molecule has 3 nitrogen and oxygen atoms in total. The zero-order valence-electron chi connectivity index (χ0n) is 10.3. The molecule has 1 aromatic rings. The van der Waals surface area contributed by atoms with Gasteiger partial charge in [-0.1, -0.05) is 0 Å². The van der Waals surface area contributed by atoms with Crippen LogP contribution in [0.1, 0.15) is 19.3 Å². The highest BCUT2D eigenvalue weighted by atomic mass is 79.9. The highest BCUT2D eigenvalue weighted by Crippen LogP contribution is 2.26. The maximum atomic E-state index is 14.0. The van der Waals surface area contributed by atoms with Crippen LogP contribution in [-0.2, 0) is 0 Å². The van der Waals surface area contributed by atoms with Gasteiger partial charge in [0.2, 0.25) is 0 Å². The van der Waals surface area contributed by atoms with E-state index in [0.29, 0.717) is 16.3 Å². The number of fused-ring (bicyclic) bond motifs is 1. The minimum atomic E-state index is -0.226. The summed E-state index contributed by atoms with van der Waals surface area (Å²) in [6, 6.07) is 2.08. The predicted octanol–water partition coefficient (Wildman–Crippen LogP) is 2.66. The normalized spacial score (nSPS) is 25.0. The average Bonchev–Trinajstić information content (AvgIpc) is 2.67. The van der Waals surface area contributed by atoms with E-state index < -0.39 is 0 Å². The molecule has 2 aliphatic rings. The molecule has 3 heterocycles. The number of halogens is 2. The number of hydrogen-bond acceptors (Lipinski definition) is 3. The zero-order chi connectivity index (χ0) is 12.5. The molecule has 1 atom stereocenters. The molecule has 1 unspecified atom stereocenters. The maximum absolute atomic E-state index is 14.0. The molecule has 0 amide bonds. The first kappa shape index (κ1) is 12.4. The number of hydrogen-bond donors (Lipinski definition) is 0. The summed E-state index contributed by atoms with van der Waals surface area (Å²) < 4.78 is 14.7. The predicted molar refractivity (Wildman–Crippen MR) is 73.3 cm³/mol. The van der Waals surface area contributed by atoms with E-state index in [-0.39, 0.29) is 5.82 Å². The smallest absolute Gasteiger partial charge is 0.166 e. The Morgan fingerprint density at radius 2 is 2.11 bits per heavy atom. The Kier molecular flexibility index (Phi) is 3.52. The Morgan fingerprint density at radius 1 is 1.28 bits per heavy atom. The van der Waals surface area contributed by atoms with Gasteiger partial charge in [-0.25, -0.2) is 9.37 Å². The van der Waals surface area contributed by atoms with Crippen LogP contribution >= 0.6 is 15.9 Å². The minimum absolute atomic E-state index is 0.226. The molecular formula is C13H17BrFN3. The molecule has 1 aromatic heterocycles. The van der Waals surface area contributed by atoms with Crippen LogP contribution in [0.4, 0.5) is 10.2 Å². The monoisotopic (exact) mass is 313 g/mol. The summed E-state index contributed by atoms with van der Waals surface area (Å²) in [5, 5.41) is 0. The quantitative estimate of drug-likeness (QED) is 0.794. The van der Waals surface area contributed by atoms with Crippen LogP contribution in [0, 0.1) is 5.82 Å². The van der Waals surface area contributed by atoms with Gasteiger partial charge in [-0.2, -0.15) is 0 Å². The van der Waals surface area contributed by atoms with Crippen molar-refractivity contribution in [3.8, 4) is 0 Å². The second-order valence-electron chi connectivity index (χ2n) is 5.09. The summed E-state index contributed by atoms with van der Waals surface area (Å²) in [5.74, 6) is 0.280. The second kappa shape index (κ2) is 5.13. The molecule has 2 aliphatic heterocycles. The van der Waals surface area contributed by atoms with Crippen molar-refractivity contribution in [2.45, 2.75) is 25.3 Å². The second-order valence-corrected chi connectivity index (χ2v) is 6.01. The molecule has 2 fully saturated rings. The van der Waals surface area contributed by atoms with E-state index in [1.54, 1.807) is 6.20 Å². The van der Waals surface area contributed by atoms with Gasteiger partial charge in [-0.15, -0.1) is 0 Å². The Labute approximate surface area is 115 Å². The van der Waals surface area contributed by atoms with Crippen molar-refractivity contribution in [2.75, 3.05) is 31.1 Å². The van der Waals surface area contributed by atoms with E-state index >= 15 is 0 Å². The SMILES string of the molecule is Fc1cc(Br)cnc1N1CCCN2CCCC2C1. The van der Waals surface area contributed by atoms with Gasteiger partial charge in [-0.3, -0.25) is 4.90 Å². The Hall–Kier alpha value is -0.680. The van der Waals surface area contributed by atoms with Gasteiger partial charge in [0.05, 0.1) is 0 Å². The van der Waals surface area contributed by atoms with Crippen LogP contribution < -0.4 is 4.90 Å². The topological polar surface area (TPSA) is 19.4 Å². The molecule has 0 aromatic carbocycles. The molecule has 18 heavy (non-hydrogen) atoms. The minimum Gasteiger partial charge on any atom is -0.353 e. The van der Waals surface area contributed by atoms with E-state index in [9.17, 15) is 4.39 Å². The summed E-state index contributed by atoms with van der Waals surface area (Å²) in [6.07, 6.45) is 5.27. The van der Waals surface area contributed by atoms with Crippen molar-refractivity contribution >= 4 is 21.7 Å².